The minimum atomic E-state index is -1.15. The summed E-state index contributed by atoms with van der Waals surface area (Å²) in [5.74, 6) is -0.508. The summed E-state index contributed by atoms with van der Waals surface area (Å²) < 4.78 is 0. The SMILES string of the molecule is CNC(=O)[C@]1(c2cnccn2)CCCN1C(=O)CN1CCCC1=O. The maximum absolute atomic E-state index is 12.9. The number of carbonyl (C=O) groups excluding carboxylic acids is 3. The van der Waals surface area contributed by atoms with Gasteiger partial charge in [0, 0.05) is 39.0 Å². The summed E-state index contributed by atoms with van der Waals surface area (Å²) >= 11 is 0. The molecule has 0 saturated carbocycles. The van der Waals surface area contributed by atoms with Gasteiger partial charge in [-0.25, -0.2) is 0 Å². The van der Waals surface area contributed by atoms with Crippen LogP contribution in [0.2, 0.25) is 0 Å². The lowest BCUT2D eigenvalue weighted by molar-refractivity contribution is -0.148. The molecule has 0 spiro atoms. The first-order chi connectivity index (χ1) is 11.6. The Morgan fingerprint density at radius 1 is 1.29 bits per heavy atom. The molecule has 3 amide bonds. The van der Waals surface area contributed by atoms with Crippen LogP contribution in [0.4, 0.5) is 0 Å². The van der Waals surface area contributed by atoms with Crippen LogP contribution in [0.25, 0.3) is 0 Å². The molecule has 1 N–H and O–H groups in total. The average molecular weight is 331 g/mol. The Hall–Kier alpha value is -2.51. The average Bonchev–Trinajstić information content (AvgIpc) is 3.22. The van der Waals surface area contributed by atoms with Crippen LogP contribution in [0.3, 0.4) is 0 Å². The van der Waals surface area contributed by atoms with Crippen molar-refractivity contribution in [3.8, 4) is 0 Å². The molecule has 0 bridgehead atoms. The van der Waals surface area contributed by atoms with Gasteiger partial charge in [-0.3, -0.25) is 24.4 Å². The standard InChI is InChI=1S/C16H21N5O3/c1-17-15(24)16(12-10-18-6-7-19-12)5-3-9-21(16)14(23)11-20-8-2-4-13(20)22/h6-7,10H,2-5,8-9,11H2,1H3,(H,17,24)/t16-/m1/s1. The third-order valence-corrected chi connectivity index (χ3v) is 4.77. The summed E-state index contributed by atoms with van der Waals surface area (Å²) in [6, 6.07) is 0. The second kappa shape index (κ2) is 6.54. The van der Waals surface area contributed by atoms with Gasteiger partial charge in [-0.2, -0.15) is 0 Å². The molecule has 8 heteroatoms. The highest BCUT2D eigenvalue weighted by Crippen LogP contribution is 2.38. The van der Waals surface area contributed by atoms with Crippen molar-refractivity contribution in [3.05, 3.63) is 24.3 Å². The van der Waals surface area contributed by atoms with Crippen molar-refractivity contribution < 1.29 is 14.4 Å². The minimum Gasteiger partial charge on any atom is -0.357 e. The fourth-order valence-electron chi connectivity index (χ4n) is 3.61. The molecule has 3 rings (SSSR count). The van der Waals surface area contributed by atoms with Gasteiger partial charge in [-0.15, -0.1) is 0 Å². The zero-order valence-corrected chi connectivity index (χ0v) is 13.7. The van der Waals surface area contributed by atoms with Crippen molar-refractivity contribution in [2.45, 2.75) is 31.2 Å². The van der Waals surface area contributed by atoms with Gasteiger partial charge >= 0.3 is 0 Å². The van der Waals surface area contributed by atoms with Crippen molar-refractivity contribution in [1.29, 1.82) is 0 Å². The molecule has 1 aromatic rings. The molecule has 24 heavy (non-hydrogen) atoms. The molecule has 8 nitrogen and oxygen atoms in total. The molecule has 1 atom stereocenters. The van der Waals surface area contributed by atoms with E-state index in [2.05, 4.69) is 15.3 Å². The number of hydrogen-bond donors (Lipinski definition) is 1. The monoisotopic (exact) mass is 331 g/mol. The zero-order chi connectivity index (χ0) is 17.2. The number of likely N-dealkylation sites (tertiary alicyclic amines) is 2. The Labute approximate surface area is 140 Å². The van der Waals surface area contributed by atoms with E-state index in [0.29, 0.717) is 38.0 Å². The van der Waals surface area contributed by atoms with Gasteiger partial charge in [0.05, 0.1) is 18.4 Å². The van der Waals surface area contributed by atoms with Crippen LogP contribution >= 0.6 is 0 Å². The van der Waals surface area contributed by atoms with E-state index < -0.39 is 5.54 Å². The molecule has 3 heterocycles. The van der Waals surface area contributed by atoms with Crippen LogP contribution < -0.4 is 5.32 Å². The van der Waals surface area contributed by atoms with Crippen molar-refractivity contribution >= 4 is 17.7 Å². The van der Waals surface area contributed by atoms with Crippen LogP contribution in [-0.2, 0) is 19.9 Å². The normalized spacial score (nSPS) is 23.6. The Morgan fingerprint density at radius 3 is 2.75 bits per heavy atom. The number of nitrogens with one attached hydrogen (secondary N) is 1. The molecule has 128 valence electrons. The third-order valence-electron chi connectivity index (χ3n) is 4.77. The first kappa shape index (κ1) is 16.4. The smallest absolute Gasteiger partial charge is 0.252 e. The van der Waals surface area contributed by atoms with Gasteiger partial charge in [-0.1, -0.05) is 0 Å². The molecule has 0 unspecified atom stereocenters. The molecular formula is C16H21N5O3. The summed E-state index contributed by atoms with van der Waals surface area (Å²) in [4.78, 5) is 48.8. The van der Waals surface area contributed by atoms with E-state index in [1.165, 1.54) is 18.6 Å². The van der Waals surface area contributed by atoms with E-state index in [9.17, 15) is 14.4 Å². The molecule has 2 saturated heterocycles. The summed E-state index contributed by atoms with van der Waals surface area (Å²) in [5.41, 5.74) is -0.689. The van der Waals surface area contributed by atoms with Crippen molar-refractivity contribution in [2.75, 3.05) is 26.7 Å². The fraction of sp³-hybridized carbons (Fsp3) is 0.562. The largest absolute Gasteiger partial charge is 0.357 e. The number of amides is 3. The third kappa shape index (κ3) is 2.61. The summed E-state index contributed by atoms with van der Waals surface area (Å²) in [6.45, 7) is 1.07. The van der Waals surface area contributed by atoms with Crippen molar-refractivity contribution in [2.24, 2.45) is 0 Å². The lowest BCUT2D eigenvalue weighted by Crippen LogP contribution is -2.56. The Balaban J connectivity index is 1.91. The highest BCUT2D eigenvalue weighted by atomic mass is 16.2. The van der Waals surface area contributed by atoms with Crippen LogP contribution in [-0.4, -0.2) is 64.2 Å². The molecule has 0 aliphatic carbocycles. The van der Waals surface area contributed by atoms with E-state index in [4.69, 9.17) is 0 Å². The first-order valence-electron chi connectivity index (χ1n) is 8.16. The van der Waals surface area contributed by atoms with E-state index in [1.54, 1.807) is 16.8 Å². The van der Waals surface area contributed by atoms with Gasteiger partial charge in [0.15, 0.2) is 5.54 Å². The maximum Gasteiger partial charge on any atom is 0.252 e. The Bertz CT molecular complexity index is 650. The molecule has 0 aromatic carbocycles. The van der Waals surface area contributed by atoms with E-state index in [-0.39, 0.29) is 24.3 Å². The van der Waals surface area contributed by atoms with Crippen LogP contribution in [0, 0.1) is 0 Å². The highest BCUT2D eigenvalue weighted by Gasteiger charge is 2.52. The molecule has 1 aromatic heterocycles. The van der Waals surface area contributed by atoms with Gasteiger partial charge in [0.2, 0.25) is 11.8 Å². The lowest BCUT2D eigenvalue weighted by Gasteiger charge is -2.36. The topological polar surface area (TPSA) is 95.5 Å². The Morgan fingerprint density at radius 2 is 2.12 bits per heavy atom. The molecular weight excluding hydrogens is 310 g/mol. The number of aromatic nitrogens is 2. The van der Waals surface area contributed by atoms with Gasteiger partial charge in [-0.05, 0) is 19.3 Å². The van der Waals surface area contributed by atoms with Gasteiger partial charge in [0.1, 0.15) is 0 Å². The van der Waals surface area contributed by atoms with E-state index >= 15 is 0 Å². The van der Waals surface area contributed by atoms with Crippen LogP contribution in [0.5, 0.6) is 0 Å². The predicted molar refractivity (Wildman–Crippen MR) is 84.5 cm³/mol. The van der Waals surface area contributed by atoms with Gasteiger partial charge < -0.3 is 15.1 Å². The number of nitrogens with zero attached hydrogens (tertiary/aromatic N) is 4. The minimum absolute atomic E-state index is 0.00686. The second-order valence-electron chi connectivity index (χ2n) is 6.10. The van der Waals surface area contributed by atoms with Crippen molar-refractivity contribution in [1.82, 2.24) is 25.1 Å². The quantitative estimate of drug-likeness (QED) is 0.814. The maximum atomic E-state index is 12.9. The number of carbonyl (C=O) groups is 3. The predicted octanol–water partition coefficient (Wildman–Crippen LogP) is -0.337. The number of rotatable bonds is 4. The number of likely N-dealkylation sites (N-methyl/N-ethyl adjacent to an activating group) is 1. The highest BCUT2D eigenvalue weighted by molar-refractivity contribution is 5.94. The first-order valence-corrected chi connectivity index (χ1v) is 8.16. The van der Waals surface area contributed by atoms with Gasteiger partial charge in [0.25, 0.3) is 5.91 Å². The van der Waals surface area contributed by atoms with Crippen LogP contribution in [0.1, 0.15) is 31.4 Å². The summed E-state index contributed by atoms with van der Waals surface area (Å²) in [5, 5.41) is 2.65. The van der Waals surface area contributed by atoms with Crippen molar-refractivity contribution in [3.63, 3.8) is 0 Å². The zero-order valence-electron chi connectivity index (χ0n) is 13.7. The summed E-state index contributed by atoms with van der Waals surface area (Å²) in [6.07, 6.45) is 7.03. The second-order valence-corrected chi connectivity index (χ2v) is 6.10. The molecule has 2 aliphatic heterocycles. The van der Waals surface area contributed by atoms with Crippen LogP contribution in [0.15, 0.2) is 18.6 Å². The fourth-order valence-corrected chi connectivity index (χ4v) is 3.61. The molecule has 2 aliphatic rings. The van der Waals surface area contributed by atoms with E-state index in [0.717, 1.165) is 6.42 Å². The number of hydrogen-bond acceptors (Lipinski definition) is 5. The molecule has 2 fully saturated rings. The lowest BCUT2D eigenvalue weighted by atomic mass is 9.90. The van der Waals surface area contributed by atoms with E-state index in [1.807, 2.05) is 0 Å². The summed E-state index contributed by atoms with van der Waals surface area (Å²) in [7, 11) is 1.55. The Kier molecular flexibility index (Phi) is 4.46. The molecule has 0 radical (unpaired) electrons.